The van der Waals surface area contributed by atoms with Crippen LogP contribution in [0.1, 0.15) is 67.3 Å². The maximum atomic E-state index is 12.2. The fourth-order valence-electron chi connectivity index (χ4n) is 4.32. The van der Waals surface area contributed by atoms with Crippen LogP contribution in [-0.2, 0) is 14.4 Å². The fraction of sp³-hybridized carbons (Fsp3) is 0.542. The highest BCUT2D eigenvalue weighted by atomic mass is 32.2. The molecule has 6 N–H and O–H groups in total. The summed E-state index contributed by atoms with van der Waals surface area (Å²) in [5.41, 5.74) is 7.28. The van der Waals surface area contributed by atoms with Crippen molar-refractivity contribution in [2.75, 3.05) is 11.5 Å². The molecule has 2 aliphatic heterocycles. The molecule has 2 fully saturated rings. The van der Waals surface area contributed by atoms with Gasteiger partial charge < -0.3 is 16.4 Å². The van der Waals surface area contributed by atoms with Crippen molar-refractivity contribution >= 4 is 47.1 Å². The minimum Gasteiger partial charge on any atom is -0.399 e. The summed E-state index contributed by atoms with van der Waals surface area (Å²) < 4.78 is 0. The summed E-state index contributed by atoms with van der Waals surface area (Å²) in [4.78, 5) is 59.6. The second kappa shape index (κ2) is 12.6. The first-order valence-corrected chi connectivity index (χ1v) is 13.0. The van der Waals surface area contributed by atoms with Crippen LogP contribution in [0.15, 0.2) is 18.2 Å². The lowest BCUT2D eigenvalue weighted by Gasteiger charge is -2.16. The van der Waals surface area contributed by atoms with Gasteiger partial charge in [-0.15, -0.1) is 0 Å². The third-order valence-corrected chi connectivity index (χ3v) is 7.67. The van der Waals surface area contributed by atoms with Gasteiger partial charge in [-0.05, 0) is 56.4 Å². The number of aryl methyl sites for hydroxylation is 1. The molecular weight excluding hydrogens is 470 g/mol. The normalized spacial score (nSPS) is 20.5. The van der Waals surface area contributed by atoms with Crippen LogP contribution < -0.4 is 27.0 Å². The van der Waals surface area contributed by atoms with Gasteiger partial charge in [0.15, 0.2) is 0 Å². The molecule has 1 aromatic rings. The van der Waals surface area contributed by atoms with E-state index in [0.29, 0.717) is 41.3 Å². The van der Waals surface area contributed by atoms with Crippen molar-refractivity contribution in [3.63, 3.8) is 0 Å². The summed E-state index contributed by atoms with van der Waals surface area (Å²) in [7, 11) is 0. The molecule has 1 aromatic carbocycles. The van der Waals surface area contributed by atoms with Crippen molar-refractivity contribution in [3.8, 4) is 0 Å². The number of imide groups is 2. The van der Waals surface area contributed by atoms with Gasteiger partial charge in [0, 0.05) is 41.5 Å². The number of amides is 6. The minimum absolute atomic E-state index is 0.106. The van der Waals surface area contributed by atoms with Crippen LogP contribution in [0.25, 0.3) is 0 Å². The van der Waals surface area contributed by atoms with Crippen molar-refractivity contribution in [1.82, 2.24) is 21.3 Å². The maximum absolute atomic E-state index is 12.2. The van der Waals surface area contributed by atoms with E-state index in [1.165, 1.54) is 0 Å². The zero-order valence-electron chi connectivity index (χ0n) is 19.9. The molecule has 3 rings (SSSR count). The highest BCUT2D eigenvalue weighted by Gasteiger charge is 2.42. The van der Waals surface area contributed by atoms with Crippen molar-refractivity contribution < 1.29 is 24.0 Å². The minimum atomic E-state index is -0.480. The van der Waals surface area contributed by atoms with Gasteiger partial charge in [0.1, 0.15) is 0 Å². The number of carbonyl (C=O) groups excluding carboxylic acids is 5. The summed E-state index contributed by atoms with van der Waals surface area (Å²) in [6.07, 6.45) is 3.82. The molecule has 2 saturated heterocycles. The SMILES string of the molecule is Cc1cc(N)ccc1C(=O)NC(=O)CCCCC(=O)NC(=O)CCCC[C@@H]1SC[C@@H]2NC(=O)N[C@@H]21. The van der Waals surface area contributed by atoms with Crippen LogP contribution in [-0.4, -0.2) is 52.7 Å². The Morgan fingerprint density at radius 3 is 2.26 bits per heavy atom. The first-order valence-electron chi connectivity index (χ1n) is 11.9. The van der Waals surface area contributed by atoms with E-state index >= 15 is 0 Å². The van der Waals surface area contributed by atoms with E-state index in [-0.39, 0.29) is 49.2 Å². The fourth-order valence-corrected chi connectivity index (χ4v) is 5.87. The topological polar surface area (TPSA) is 159 Å². The number of nitrogens with one attached hydrogen (secondary N) is 4. The second-order valence-corrected chi connectivity index (χ2v) is 10.3. The van der Waals surface area contributed by atoms with Gasteiger partial charge in [-0.2, -0.15) is 11.8 Å². The number of benzene rings is 1. The van der Waals surface area contributed by atoms with Gasteiger partial charge in [-0.25, -0.2) is 4.79 Å². The first kappa shape index (κ1) is 26.5. The zero-order chi connectivity index (χ0) is 25.4. The molecular formula is C24H33N5O5S. The van der Waals surface area contributed by atoms with Crippen LogP contribution in [0, 0.1) is 6.92 Å². The van der Waals surface area contributed by atoms with E-state index < -0.39 is 11.8 Å². The Morgan fingerprint density at radius 2 is 1.60 bits per heavy atom. The Balaban J connectivity index is 1.22. The monoisotopic (exact) mass is 503 g/mol. The van der Waals surface area contributed by atoms with E-state index in [1.807, 2.05) is 11.8 Å². The number of unbranched alkanes of at least 4 members (excludes halogenated alkanes) is 2. The predicted octanol–water partition coefficient (Wildman–Crippen LogP) is 1.76. The average molecular weight is 504 g/mol. The predicted molar refractivity (Wildman–Crippen MR) is 134 cm³/mol. The van der Waals surface area contributed by atoms with Crippen molar-refractivity contribution in [1.29, 1.82) is 0 Å². The molecule has 35 heavy (non-hydrogen) atoms. The molecule has 6 amide bonds. The van der Waals surface area contributed by atoms with Crippen molar-refractivity contribution in [3.05, 3.63) is 29.3 Å². The van der Waals surface area contributed by atoms with Gasteiger partial charge in [0.25, 0.3) is 5.91 Å². The number of nitrogens with two attached hydrogens (primary N) is 1. The molecule has 0 spiro atoms. The number of carbonyl (C=O) groups is 5. The Kier molecular flexibility index (Phi) is 9.53. The highest BCUT2D eigenvalue weighted by Crippen LogP contribution is 2.33. The summed E-state index contributed by atoms with van der Waals surface area (Å²) in [5.74, 6) is -0.652. The second-order valence-electron chi connectivity index (χ2n) is 9.00. The number of urea groups is 1. The van der Waals surface area contributed by atoms with Crippen molar-refractivity contribution in [2.45, 2.75) is 75.6 Å². The summed E-state index contributed by atoms with van der Waals surface area (Å²) >= 11 is 1.84. The highest BCUT2D eigenvalue weighted by molar-refractivity contribution is 8.00. The van der Waals surface area contributed by atoms with E-state index in [4.69, 9.17) is 5.73 Å². The Bertz CT molecular complexity index is 985. The van der Waals surface area contributed by atoms with Crippen LogP contribution in [0.4, 0.5) is 10.5 Å². The van der Waals surface area contributed by atoms with E-state index in [2.05, 4.69) is 21.3 Å². The number of thioether (sulfide) groups is 1. The van der Waals surface area contributed by atoms with Crippen LogP contribution >= 0.6 is 11.8 Å². The molecule has 0 unspecified atom stereocenters. The molecule has 0 radical (unpaired) electrons. The van der Waals surface area contributed by atoms with Gasteiger partial charge in [-0.1, -0.05) is 6.42 Å². The average Bonchev–Trinajstić information content (AvgIpc) is 3.33. The number of anilines is 1. The smallest absolute Gasteiger partial charge is 0.315 e. The van der Waals surface area contributed by atoms with Gasteiger partial charge >= 0.3 is 6.03 Å². The largest absolute Gasteiger partial charge is 0.399 e. The van der Waals surface area contributed by atoms with Gasteiger partial charge in [-0.3, -0.25) is 29.8 Å². The molecule has 0 aromatic heterocycles. The van der Waals surface area contributed by atoms with E-state index in [9.17, 15) is 24.0 Å². The molecule has 2 heterocycles. The third-order valence-electron chi connectivity index (χ3n) is 6.17. The summed E-state index contributed by atoms with van der Waals surface area (Å²) in [5, 5.41) is 10.9. The number of rotatable bonds is 11. The maximum Gasteiger partial charge on any atom is 0.315 e. The summed E-state index contributed by atoms with van der Waals surface area (Å²) in [6, 6.07) is 5.08. The Hall–Kier alpha value is -3.08. The Morgan fingerprint density at radius 1 is 0.971 bits per heavy atom. The number of hydrogen-bond acceptors (Lipinski definition) is 7. The number of fused-ring (bicyclic) bond motifs is 1. The van der Waals surface area contributed by atoms with Gasteiger partial charge in [0.2, 0.25) is 17.7 Å². The number of hydrogen-bond donors (Lipinski definition) is 5. The first-order chi connectivity index (χ1) is 16.7. The lowest BCUT2D eigenvalue weighted by Crippen LogP contribution is -2.36. The van der Waals surface area contributed by atoms with E-state index in [0.717, 1.165) is 18.6 Å². The molecule has 3 atom stereocenters. The third kappa shape index (κ3) is 7.98. The molecule has 2 aliphatic rings. The number of nitrogen functional groups attached to an aromatic ring is 1. The lowest BCUT2D eigenvalue weighted by molar-refractivity contribution is -0.130. The summed E-state index contributed by atoms with van der Waals surface area (Å²) in [6.45, 7) is 1.74. The molecule has 0 saturated carbocycles. The zero-order valence-corrected chi connectivity index (χ0v) is 20.7. The molecule has 11 heteroatoms. The van der Waals surface area contributed by atoms with E-state index in [1.54, 1.807) is 25.1 Å². The van der Waals surface area contributed by atoms with Crippen LogP contribution in [0.3, 0.4) is 0 Å². The quantitative estimate of drug-likeness (QED) is 0.175. The molecule has 190 valence electrons. The molecule has 0 bridgehead atoms. The molecule has 0 aliphatic carbocycles. The van der Waals surface area contributed by atoms with Gasteiger partial charge in [0.05, 0.1) is 12.1 Å². The Labute approximate surface area is 208 Å². The molecule has 10 nitrogen and oxygen atoms in total. The van der Waals surface area contributed by atoms with Crippen LogP contribution in [0.2, 0.25) is 0 Å². The standard InChI is InChI=1S/C24H33N5O5S/c1-14-12-15(25)10-11-16(14)23(33)28-21(32)9-5-4-8-20(31)27-19(30)7-3-2-6-18-22-17(13-35-18)26-24(34)29-22/h10-12,17-18,22H,2-9,13,25H2,1H3,(H2,26,29,34)(H,27,30,31)(H,28,32,33)/t17-,18-,22-/m0/s1. The van der Waals surface area contributed by atoms with Crippen molar-refractivity contribution in [2.24, 2.45) is 0 Å². The lowest BCUT2D eigenvalue weighted by atomic mass is 10.0. The van der Waals surface area contributed by atoms with Crippen LogP contribution in [0.5, 0.6) is 0 Å².